The van der Waals surface area contributed by atoms with Gasteiger partial charge in [-0.1, -0.05) is 55.5 Å². The molecule has 0 unspecified atom stereocenters. The summed E-state index contributed by atoms with van der Waals surface area (Å²) in [5.41, 5.74) is 0.680. The van der Waals surface area contributed by atoms with E-state index in [1.54, 1.807) is 55.5 Å². The minimum absolute atomic E-state index is 0.0469. The van der Waals surface area contributed by atoms with E-state index in [1.807, 2.05) is 36.4 Å². The van der Waals surface area contributed by atoms with Gasteiger partial charge in [-0.05, 0) is 48.4 Å². The lowest BCUT2D eigenvalue weighted by Crippen LogP contribution is -2.42. The van der Waals surface area contributed by atoms with Crippen molar-refractivity contribution in [2.75, 3.05) is 7.11 Å². The molecule has 172 valence electrons. The van der Waals surface area contributed by atoms with E-state index >= 15 is 0 Å². The van der Waals surface area contributed by atoms with Crippen molar-refractivity contribution in [3.8, 4) is 17.3 Å². The molecule has 0 spiro atoms. The summed E-state index contributed by atoms with van der Waals surface area (Å²) in [6, 6.07) is 24.4. The van der Waals surface area contributed by atoms with E-state index in [0.717, 1.165) is 10.1 Å². The van der Waals surface area contributed by atoms with Crippen LogP contribution in [0.25, 0.3) is 5.69 Å². The monoisotopic (exact) mass is 456 g/mol. The zero-order chi connectivity index (χ0) is 24.1. The fourth-order valence-corrected chi connectivity index (χ4v) is 3.69. The molecule has 0 aliphatic rings. The Morgan fingerprint density at radius 2 is 1.47 bits per heavy atom. The molecule has 1 heterocycles. The van der Waals surface area contributed by atoms with Crippen molar-refractivity contribution in [3.05, 3.63) is 122 Å². The number of hydrogen-bond acceptors (Lipinski definition) is 5. The second kappa shape index (κ2) is 10.0. The maximum absolute atomic E-state index is 13.6. The van der Waals surface area contributed by atoms with Gasteiger partial charge in [0, 0.05) is 0 Å². The maximum Gasteiger partial charge on any atom is 0.344 e. The van der Waals surface area contributed by atoms with Crippen LogP contribution in [0.4, 0.5) is 0 Å². The van der Waals surface area contributed by atoms with Gasteiger partial charge in [-0.25, -0.2) is 14.2 Å². The summed E-state index contributed by atoms with van der Waals surface area (Å²) in [5.74, 6) is -0.123. The number of nitrogens with zero attached hydrogens (tertiary/aromatic N) is 2. The number of methoxy groups -OCH3 is 1. The number of carbonyl (C=O) groups is 1. The van der Waals surface area contributed by atoms with Gasteiger partial charge in [-0.15, -0.1) is 0 Å². The van der Waals surface area contributed by atoms with E-state index in [4.69, 9.17) is 9.47 Å². The molecule has 4 aromatic rings. The highest BCUT2D eigenvalue weighted by Crippen LogP contribution is 2.20. The van der Waals surface area contributed by atoms with Crippen LogP contribution in [0.3, 0.4) is 0 Å². The molecule has 0 saturated heterocycles. The molecule has 7 heteroatoms. The minimum atomic E-state index is -0.671. The fourth-order valence-electron chi connectivity index (χ4n) is 3.69. The smallest absolute Gasteiger partial charge is 0.344 e. The summed E-state index contributed by atoms with van der Waals surface area (Å²) >= 11 is 0. The van der Waals surface area contributed by atoms with Gasteiger partial charge in [-0.3, -0.25) is 9.36 Å². The van der Waals surface area contributed by atoms with Crippen LogP contribution in [-0.4, -0.2) is 22.2 Å². The molecule has 0 N–H and O–H groups in total. The van der Waals surface area contributed by atoms with Gasteiger partial charge in [0.15, 0.2) is 0 Å². The van der Waals surface area contributed by atoms with Crippen LogP contribution in [-0.2, 0) is 13.0 Å². The third kappa shape index (κ3) is 4.54. The Labute approximate surface area is 196 Å². The van der Waals surface area contributed by atoms with Crippen LogP contribution >= 0.6 is 0 Å². The Kier molecular flexibility index (Phi) is 6.73. The quantitative estimate of drug-likeness (QED) is 0.395. The van der Waals surface area contributed by atoms with Gasteiger partial charge in [-0.2, -0.15) is 0 Å². The first-order valence-corrected chi connectivity index (χ1v) is 10.9. The van der Waals surface area contributed by atoms with Crippen molar-refractivity contribution in [3.63, 3.8) is 0 Å². The van der Waals surface area contributed by atoms with Crippen LogP contribution in [0.1, 0.15) is 28.4 Å². The van der Waals surface area contributed by atoms with Crippen molar-refractivity contribution in [1.82, 2.24) is 9.13 Å². The first-order valence-electron chi connectivity index (χ1n) is 10.9. The number of carbonyl (C=O) groups excluding carboxylic acids is 1. The summed E-state index contributed by atoms with van der Waals surface area (Å²) in [7, 11) is 1.53. The second-order valence-electron chi connectivity index (χ2n) is 7.59. The van der Waals surface area contributed by atoms with Crippen molar-refractivity contribution in [1.29, 1.82) is 0 Å². The number of rotatable bonds is 7. The van der Waals surface area contributed by atoms with Crippen LogP contribution in [0.5, 0.6) is 11.6 Å². The van der Waals surface area contributed by atoms with Crippen LogP contribution < -0.4 is 20.7 Å². The predicted octanol–water partition coefficient (Wildman–Crippen LogP) is 3.84. The van der Waals surface area contributed by atoms with E-state index in [0.29, 0.717) is 11.4 Å². The molecule has 1 aromatic heterocycles. The third-order valence-electron chi connectivity index (χ3n) is 5.45. The molecule has 4 rings (SSSR count). The number of aromatic nitrogens is 2. The van der Waals surface area contributed by atoms with Crippen LogP contribution in [0.15, 0.2) is 94.5 Å². The average Bonchev–Trinajstić information content (AvgIpc) is 2.88. The Morgan fingerprint density at radius 3 is 2.06 bits per heavy atom. The molecule has 0 aliphatic carbocycles. The Hall–Kier alpha value is -4.39. The number of esters is 1. The maximum atomic E-state index is 13.6. The highest BCUT2D eigenvalue weighted by Gasteiger charge is 2.23. The molecule has 0 saturated carbocycles. The first kappa shape index (κ1) is 22.8. The highest BCUT2D eigenvalue weighted by atomic mass is 16.5. The molecule has 34 heavy (non-hydrogen) atoms. The lowest BCUT2D eigenvalue weighted by atomic mass is 10.2. The Morgan fingerprint density at radius 1 is 0.853 bits per heavy atom. The first-order chi connectivity index (χ1) is 16.5. The van der Waals surface area contributed by atoms with Gasteiger partial charge >= 0.3 is 11.7 Å². The molecule has 0 atom stereocenters. The second-order valence-corrected chi connectivity index (χ2v) is 7.59. The molecular formula is C27H24N2O5. The zero-order valence-corrected chi connectivity index (χ0v) is 18.9. The molecule has 3 aromatic carbocycles. The fraction of sp³-hybridized carbons (Fsp3) is 0.148. The molecule has 0 amide bonds. The molecule has 7 nitrogen and oxygen atoms in total. The summed E-state index contributed by atoms with van der Waals surface area (Å²) in [4.78, 5) is 40.0. The van der Waals surface area contributed by atoms with Gasteiger partial charge in [0.1, 0.15) is 5.75 Å². The lowest BCUT2D eigenvalue weighted by Gasteiger charge is -2.18. The van der Waals surface area contributed by atoms with Crippen molar-refractivity contribution in [2.24, 2.45) is 0 Å². The minimum Gasteiger partial charge on any atom is -0.497 e. The molecular weight excluding hydrogens is 432 g/mol. The average molecular weight is 456 g/mol. The third-order valence-corrected chi connectivity index (χ3v) is 5.45. The van der Waals surface area contributed by atoms with Gasteiger partial charge in [0.2, 0.25) is 5.88 Å². The molecule has 0 radical (unpaired) electrons. The normalized spacial score (nSPS) is 10.6. The number of para-hydroxylation sites is 1. The Balaban J connectivity index is 1.89. The van der Waals surface area contributed by atoms with Gasteiger partial charge in [0.25, 0.3) is 5.56 Å². The van der Waals surface area contributed by atoms with Gasteiger partial charge in [0.05, 0.1) is 30.5 Å². The number of benzene rings is 3. The predicted molar refractivity (Wildman–Crippen MR) is 129 cm³/mol. The van der Waals surface area contributed by atoms with Crippen molar-refractivity contribution < 1.29 is 14.3 Å². The molecule has 0 bridgehead atoms. The van der Waals surface area contributed by atoms with E-state index in [-0.39, 0.29) is 30.0 Å². The van der Waals surface area contributed by atoms with Crippen LogP contribution in [0, 0.1) is 0 Å². The largest absolute Gasteiger partial charge is 0.497 e. The number of hydrogen-bond donors (Lipinski definition) is 0. The van der Waals surface area contributed by atoms with E-state index < -0.39 is 17.2 Å². The SMILES string of the molecule is CCc1c(OC(=O)c2ccc(OC)cc2)n(Cc2ccccc2)c(=O)n(-c2ccccc2)c1=O. The van der Waals surface area contributed by atoms with Gasteiger partial charge < -0.3 is 9.47 Å². The van der Waals surface area contributed by atoms with E-state index in [1.165, 1.54) is 11.7 Å². The Bertz CT molecular complexity index is 1410. The van der Waals surface area contributed by atoms with Crippen molar-refractivity contribution >= 4 is 5.97 Å². The highest BCUT2D eigenvalue weighted by molar-refractivity contribution is 5.91. The zero-order valence-electron chi connectivity index (χ0n) is 18.9. The van der Waals surface area contributed by atoms with Crippen LogP contribution in [0.2, 0.25) is 0 Å². The molecule has 0 fully saturated rings. The van der Waals surface area contributed by atoms with Crippen molar-refractivity contribution in [2.45, 2.75) is 19.9 Å². The molecule has 0 aliphatic heterocycles. The summed E-state index contributed by atoms with van der Waals surface area (Å²) < 4.78 is 13.3. The van der Waals surface area contributed by atoms with E-state index in [9.17, 15) is 14.4 Å². The lowest BCUT2D eigenvalue weighted by molar-refractivity contribution is 0.0716. The summed E-state index contributed by atoms with van der Waals surface area (Å²) in [5, 5.41) is 0. The summed E-state index contributed by atoms with van der Waals surface area (Å²) in [6.45, 7) is 1.92. The topological polar surface area (TPSA) is 79.5 Å². The number of ether oxygens (including phenoxy) is 2. The van der Waals surface area contributed by atoms with E-state index in [2.05, 4.69) is 0 Å². The summed E-state index contributed by atoms with van der Waals surface area (Å²) in [6.07, 6.45) is 0.270. The standard InChI is InChI=1S/C27H24N2O5/c1-3-23-24(30)29(21-12-8-5-9-13-21)27(32)28(18-19-10-6-4-7-11-19)25(23)34-26(31)20-14-16-22(33-2)17-15-20/h4-17H,3,18H2,1-2H3.